The molecular weight excluding hydrogens is 328 g/mol. The summed E-state index contributed by atoms with van der Waals surface area (Å²) in [6, 6.07) is 5.77. The number of aryl methyl sites for hydroxylation is 2. The topological polar surface area (TPSA) is 99.3 Å². The molecule has 0 saturated heterocycles. The standard InChI is InChI=1S/C16H22N4O3S/c1-4-13(21)18-16(24)20-19-15(23)8-7-14(22)17-12-9-10(2)5-6-11(12)3/h5-6,9H,4,7-8H2,1-3H3,(H,17,22)(H,19,23)(H2,18,20,21,24). The molecule has 8 heteroatoms. The molecule has 3 amide bonds. The zero-order valence-electron chi connectivity index (χ0n) is 14.0. The fourth-order valence-electron chi connectivity index (χ4n) is 1.75. The van der Waals surface area contributed by atoms with Gasteiger partial charge in [0.15, 0.2) is 5.11 Å². The molecule has 0 radical (unpaired) electrons. The van der Waals surface area contributed by atoms with E-state index in [9.17, 15) is 14.4 Å². The summed E-state index contributed by atoms with van der Waals surface area (Å²) >= 11 is 4.83. The Morgan fingerprint density at radius 2 is 1.67 bits per heavy atom. The SMILES string of the molecule is CCC(=O)NC(=S)NNC(=O)CCC(=O)Nc1cc(C)ccc1C. The number of nitrogens with one attached hydrogen (secondary N) is 4. The summed E-state index contributed by atoms with van der Waals surface area (Å²) in [4.78, 5) is 34.7. The normalized spacial score (nSPS) is 9.79. The van der Waals surface area contributed by atoms with Crippen molar-refractivity contribution in [2.75, 3.05) is 5.32 Å². The van der Waals surface area contributed by atoms with Crippen LogP contribution in [0.1, 0.15) is 37.3 Å². The largest absolute Gasteiger partial charge is 0.326 e. The third kappa shape index (κ3) is 7.19. The third-order valence-corrected chi connectivity index (χ3v) is 3.34. The van der Waals surface area contributed by atoms with Crippen LogP contribution in [0.5, 0.6) is 0 Å². The number of rotatable bonds is 5. The van der Waals surface area contributed by atoms with Gasteiger partial charge in [-0.25, -0.2) is 0 Å². The van der Waals surface area contributed by atoms with Crippen molar-refractivity contribution in [2.24, 2.45) is 0 Å². The maximum Gasteiger partial charge on any atom is 0.238 e. The summed E-state index contributed by atoms with van der Waals surface area (Å²) in [6.45, 7) is 5.52. The minimum Gasteiger partial charge on any atom is -0.326 e. The van der Waals surface area contributed by atoms with Crippen LogP contribution in [0.2, 0.25) is 0 Å². The van der Waals surface area contributed by atoms with Gasteiger partial charge in [0, 0.05) is 24.9 Å². The number of carbonyl (C=O) groups is 3. The molecule has 0 fully saturated rings. The van der Waals surface area contributed by atoms with E-state index in [1.54, 1.807) is 6.92 Å². The van der Waals surface area contributed by atoms with E-state index in [0.717, 1.165) is 16.8 Å². The maximum absolute atomic E-state index is 11.9. The molecule has 1 aromatic rings. The van der Waals surface area contributed by atoms with Crippen molar-refractivity contribution < 1.29 is 14.4 Å². The molecule has 1 aromatic carbocycles. The van der Waals surface area contributed by atoms with E-state index in [-0.39, 0.29) is 36.2 Å². The molecule has 4 N–H and O–H groups in total. The molecule has 7 nitrogen and oxygen atoms in total. The number of carbonyl (C=O) groups excluding carboxylic acids is 3. The van der Waals surface area contributed by atoms with E-state index in [1.807, 2.05) is 32.0 Å². The van der Waals surface area contributed by atoms with Crippen LogP contribution in [0.4, 0.5) is 5.69 Å². The average molecular weight is 350 g/mol. The first kappa shape index (κ1) is 19.6. The highest BCUT2D eigenvalue weighted by molar-refractivity contribution is 7.80. The molecule has 0 atom stereocenters. The quantitative estimate of drug-likeness (QED) is 0.476. The van der Waals surface area contributed by atoms with Crippen molar-refractivity contribution in [3.63, 3.8) is 0 Å². The van der Waals surface area contributed by atoms with E-state index in [0.29, 0.717) is 0 Å². The summed E-state index contributed by atoms with van der Waals surface area (Å²) in [7, 11) is 0. The Hall–Kier alpha value is -2.48. The monoisotopic (exact) mass is 350 g/mol. The number of hydrogen-bond acceptors (Lipinski definition) is 4. The lowest BCUT2D eigenvalue weighted by Crippen LogP contribution is -2.48. The molecular formula is C16H22N4O3S. The van der Waals surface area contributed by atoms with Gasteiger partial charge in [0.2, 0.25) is 17.7 Å². The van der Waals surface area contributed by atoms with Crippen LogP contribution in [0, 0.1) is 13.8 Å². The van der Waals surface area contributed by atoms with Crippen molar-refractivity contribution in [2.45, 2.75) is 40.0 Å². The Morgan fingerprint density at radius 3 is 2.33 bits per heavy atom. The molecule has 0 aliphatic rings. The average Bonchev–Trinajstić information content (AvgIpc) is 2.54. The summed E-state index contributed by atoms with van der Waals surface area (Å²) in [5, 5.41) is 5.17. The fourth-order valence-corrected chi connectivity index (χ4v) is 1.91. The number of hydrazine groups is 1. The summed E-state index contributed by atoms with van der Waals surface area (Å²) in [6.07, 6.45) is 0.317. The smallest absolute Gasteiger partial charge is 0.238 e. The summed E-state index contributed by atoms with van der Waals surface area (Å²) in [5.74, 6) is -0.908. The van der Waals surface area contributed by atoms with E-state index in [1.165, 1.54) is 0 Å². The lowest BCUT2D eigenvalue weighted by atomic mass is 10.1. The fraction of sp³-hybridized carbons (Fsp3) is 0.375. The van der Waals surface area contributed by atoms with E-state index >= 15 is 0 Å². The number of thiocarbonyl (C=S) groups is 1. The molecule has 0 heterocycles. The van der Waals surface area contributed by atoms with Crippen molar-refractivity contribution in [1.29, 1.82) is 0 Å². The van der Waals surface area contributed by atoms with Crippen LogP contribution in [-0.2, 0) is 14.4 Å². The molecule has 130 valence electrons. The predicted molar refractivity (Wildman–Crippen MR) is 96.1 cm³/mol. The Labute approximate surface area is 146 Å². The minimum absolute atomic E-state index is 0.00592. The minimum atomic E-state index is -0.404. The first-order chi connectivity index (χ1) is 11.3. The second-order valence-corrected chi connectivity index (χ2v) is 5.68. The highest BCUT2D eigenvalue weighted by Gasteiger charge is 2.09. The van der Waals surface area contributed by atoms with Gasteiger partial charge in [0.05, 0.1) is 0 Å². The highest BCUT2D eigenvalue weighted by atomic mass is 32.1. The lowest BCUT2D eigenvalue weighted by Gasteiger charge is -2.11. The summed E-state index contributed by atoms with van der Waals surface area (Å²) < 4.78 is 0. The Balaban J connectivity index is 2.33. The molecule has 0 bridgehead atoms. The molecule has 1 rings (SSSR count). The highest BCUT2D eigenvalue weighted by Crippen LogP contribution is 2.16. The van der Waals surface area contributed by atoms with Gasteiger partial charge < -0.3 is 10.6 Å². The third-order valence-electron chi connectivity index (χ3n) is 3.14. The second-order valence-electron chi connectivity index (χ2n) is 5.27. The van der Waals surface area contributed by atoms with Gasteiger partial charge in [-0.1, -0.05) is 19.1 Å². The van der Waals surface area contributed by atoms with Gasteiger partial charge in [0.25, 0.3) is 0 Å². The number of amides is 3. The van der Waals surface area contributed by atoms with Crippen molar-refractivity contribution in [3.8, 4) is 0 Å². The van der Waals surface area contributed by atoms with Crippen LogP contribution in [-0.4, -0.2) is 22.8 Å². The van der Waals surface area contributed by atoms with Crippen molar-refractivity contribution in [3.05, 3.63) is 29.3 Å². The van der Waals surface area contributed by atoms with Crippen LogP contribution in [0.15, 0.2) is 18.2 Å². The van der Waals surface area contributed by atoms with Gasteiger partial charge in [-0.3, -0.25) is 25.2 Å². The van der Waals surface area contributed by atoms with E-state index < -0.39 is 5.91 Å². The van der Waals surface area contributed by atoms with Gasteiger partial charge in [-0.2, -0.15) is 0 Å². The van der Waals surface area contributed by atoms with Crippen LogP contribution >= 0.6 is 12.2 Å². The van der Waals surface area contributed by atoms with Crippen molar-refractivity contribution >= 4 is 40.7 Å². The molecule has 24 heavy (non-hydrogen) atoms. The van der Waals surface area contributed by atoms with Gasteiger partial charge in [-0.15, -0.1) is 0 Å². The summed E-state index contributed by atoms with van der Waals surface area (Å²) in [5.41, 5.74) is 7.47. The molecule has 0 saturated carbocycles. The zero-order valence-corrected chi connectivity index (χ0v) is 14.8. The Bertz CT molecular complexity index is 646. The van der Waals surface area contributed by atoms with Crippen molar-refractivity contribution in [1.82, 2.24) is 16.2 Å². The number of hydrogen-bond donors (Lipinski definition) is 4. The molecule has 0 aromatic heterocycles. The Kier molecular flexibility index (Phi) is 7.84. The first-order valence-corrected chi connectivity index (χ1v) is 7.98. The molecule has 0 unspecified atom stereocenters. The first-order valence-electron chi connectivity index (χ1n) is 7.57. The van der Waals surface area contributed by atoms with Gasteiger partial charge in [0.1, 0.15) is 0 Å². The van der Waals surface area contributed by atoms with Crippen LogP contribution in [0.25, 0.3) is 0 Å². The number of anilines is 1. The maximum atomic E-state index is 11.9. The van der Waals surface area contributed by atoms with Gasteiger partial charge in [-0.05, 0) is 43.3 Å². The predicted octanol–water partition coefficient (Wildman–Crippen LogP) is 1.45. The lowest BCUT2D eigenvalue weighted by molar-refractivity contribution is -0.124. The van der Waals surface area contributed by atoms with Crippen LogP contribution in [0.3, 0.4) is 0 Å². The Morgan fingerprint density at radius 1 is 1.00 bits per heavy atom. The zero-order chi connectivity index (χ0) is 18.1. The van der Waals surface area contributed by atoms with E-state index in [2.05, 4.69) is 21.5 Å². The van der Waals surface area contributed by atoms with E-state index in [4.69, 9.17) is 12.2 Å². The molecule has 0 spiro atoms. The van der Waals surface area contributed by atoms with Gasteiger partial charge >= 0.3 is 0 Å². The second kappa shape index (κ2) is 9.61. The molecule has 0 aliphatic carbocycles. The molecule has 0 aliphatic heterocycles. The van der Waals surface area contributed by atoms with Crippen LogP contribution < -0.4 is 21.5 Å². The number of benzene rings is 1.